The van der Waals surface area contributed by atoms with Crippen molar-refractivity contribution in [3.8, 4) is 22.3 Å². The van der Waals surface area contributed by atoms with Gasteiger partial charge < -0.3 is 30.6 Å². The van der Waals surface area contributed by atoms with E-state index >= 15 is 8.78 Å². The van der Waals surface area contributed by atoms with Gasteiger partial charge in [0.05, 0.1) is 36.4 Å². The Labute approximate surface area is 378 Å². The van der Waals surface area contributed by atoms with Crippen LogP contribution in [0.1, 0.15) is 47.9 Å². The first kappa shape index (κ1) is 43.2. The van der Waals surface area contributed by atoms with Gasteiger partial charge in [-0.15, -0.1) is 0 Å². The summed E-state index contributed by atoms with van der Waals surface area (Å²) in [6, 6.07) is 21.6. The van der Waals surface area contributed by atoms with Crippen LogP contribution in [-0.2, 0) is 35.3 Å². The number of aromatic nitrogens is 4. The van der Waals surface area contributed by atoms with Crippen LogP contribution in [0.4, 0.5) is 31.8 Å². The van der Waals surface area contributed by atoms with E-state index in [2.05, 4.69) is 30.6 Å². The van der Waals surface area contributed by atoms with Crippen molar-refractivity contribution >= 4 is 58.0 Å². The van der Waals surface area contributed by atoms with E-state index in [1.165, 1.54) is 21.9 Å². The van der Waals surface area contributed by atoms with Gasteiger partial charge >= 0.3 is 0 Å². The molecule has 4 aliphatic rings. The Hall–Kier alpha value is -6.06. The average Bonchev–Trinajstić information content (AvgIpc) is 3.91. The molecule has 4 N–H and O–H groups in total. The summed E-state index contributed by atoms with van der Waals surface area (Å²) in [5.74, 6) is 0.144. The van der Waals surface area contributed by atoms with Crippen LogP contribution in [0, 0.1) is 11.6 Å². The molecule has 2 aliphatic heterocycles. The number of nitrogens with zero attached hydrogens (tertiary/aromatic N) is 6. The molecule has 0 atom stereocenters. The van der Waals surface area contributed by atoms with Crippen molar-refractivity contribution in [3.05, 3.63) is 142 Å². The molecule has 0 spiro atoms. The van der Waals surface area contributed by atoms with Gasteiger partial charge in [0.15, 0.2) is 0 Å². The molecule has 2 aliphatic carbocycles. The maximum absolute atomic E-state index is 15.2. The van der Waals surface area contributed by atoms with E-state index in [0.29, 0.717) is 85.8 Å². The van der Waals surface area contributed by atoms with Crippen LogP contribution in [-0.4, -0.2) is 79.3 Å². The lowest BCUT2D eigenvalue weighted by molar-refractivity contribution is -0.118. The lowest BCUT2D eigenvalue weighted by atomic mass is 9.89. The van der Waals surface area contributed by atoms with E-state index < -0.39 is 11.6 Å². The third-order valence-electron chi connectivity index (χ3n) is 12.1. The van der Waals surface area contributed by atoms with E-state index in [0.717, 1.165) is 33.4 Å². The Morgan fingerprint density at radius 1 is 0.594 bits per heavy atom. The van der Waals surface area contributed by atoms with Gasteiger partial charge in [-0.25, -0.2) is 28.7 Å². The zero-order valence-corrected chi connectivity index (χ0v) is 36.0. The lowest BCUT2D eigenvalue weighted by Crippen LogP contribution is -2.39. The van der Waals surface area contributed by atoms with Crippen molar-refractivity contribution in [2.75, 3.05) is 33.5 Å². The molecule has 328 valence electrons. The summed E-state index contributed by atoms with van der Waals surface area (Å²) in [6.07, 6.45) is 10.1. The van der Waals surface area contributed by atoms with Crippen LogP contribution in [0.25, 0.3) is 22.3 Å². The van der Waals surface area contributed by atoms with Crippen LogP contribution in [0.5, 0.6) is 0 Å². The van der Waals surface area contributed by atoms with Crippen molar-refractivity contribution in [1.29, 1.82) is 0 Å². The van der Waals surface area contributed by atoms with Gasteiger partial charge in [0.25, 0.3) is 0 Å². The highest BCUT2D eigenvalue weighted by molar-refractivity contribution is 6.30. The molecule has 0 radical (unpaired) electrons. The number of carbonyl (C=O) groups excluding carboxylic acids is 2. The molecule has 12 nitrogen and oxygen atoms in total. The summed E-state index contributed by atoms with van der Waals surface area (Å²) in [4.78, 5) is 45.4. The molecule has 2 saturated carbocycles. The van der Waals surface area contributed by atoms with Crippen molar-refractivity contribution in [2.24, 2.45) is 0 Å². The summed E-state index contributed by atoms with van der Waals surface area (Å²) in [5, 5.41) is 26.1. The highest BCUT2D eigenvalue weighted by Crippen LogP contribution is 2.38. The summed E-state index contributed by atoms with van der Waals surface area (Å²) in [5.41, 5.74) is 6.71. The fourth-order valence-corrected chi connectivity index (χ4v) is 9.02. The second-order valence-corrected chi connectivity index (χ2v) is 17.3. The third kappa shape index (κ3) is 9.41. The van der Waals surface area contributed by atoms with Gasteiger partial charge in [0.1, 0.15) is 33.6 Å². The van der Waals surface area contributed by atoms with Crippen LogP contribution >= 0.6 is 23.2 Å². The molecular weight excluding hydrogens is 861 g/mol. The number of carbonyl (C=O) groups is 2. The number of aliphatic hydroxyl groups is 2. The number of hydrogen-bond acceptors (Lipinski definition) is 10. The normalized spacial score (nSPS) is 19.4. The monoisotopic (exact) mass is 904 g/mol. The number of nitrogens with one attached hydrogen (secondary N) is 2. The molecule has 6 heterocycles. The van der Waals surface area contributed by atoms with Gasteiger partial charge in [-0.3, -0.25) is 9.59 Å². The molecule has 4 aromatic heterocycles. The summed E-state index contributed by atoms with van der Waals surface area (Å²) in [6.45, 7) is 0.860. The smallest absolute Gasteiger partial charge is 0.231 e. The Bertz CT molecular complexity index is 2550. The molecule has 64 heavy (non-hydrogen) atoms. The first-order valence-corrected chi connectivity index (χ1v) is 22.0. The number of pyridine rings is 4. The Morgan fingerprint density at radius 2 is 1.02 bits per heavy atom. The molecule has 16 heteroatoms. The second kappa shape index (κ2) is 18.6. The minimum absolute atomic E-state index is 0.0720. The number of benzene rings is 2. The number of anilines is 4. The van der Waals surface area contributed by atoms with Crippen LogP contribution in [0.15, 0.2) is 97.6 Å². The van der Waals surface area contributed by atoms with Gasteiger partial charge in [0.2, 0.25) is 11.8 Å². The minimum atomic E-state index is -0.422. The zero-order valence-electron chi connectivity index (χ0n) is 34.5. The minimum Gasteiger partial charge on any atom is -0.393 e. The fraction of sp³-hybridized carbons (Fsp3) is 0.292. The largest absolute Gasteiger partial charge is 0.393 e. The number of aliphatic hydroxyl groups excluding tert-OH is 2. The molecule has 0 unspecified atom stereocenters. The van der Waals surface area contributed by atoms with Crippen molar-refractivity contribution < 1.29 is 28.6 Å². The Morgan fingerprint density at radius 3 is 1.41 bits per heavy atom. The first-order chi connectivity index (χ1) is 30.9. The van der Waals surface area contributed by atoms with Gasteiger partial charge in [-0.2, -0.15) is 0 Å². The second-order valence-electron chi connectivity index (χ2n) is 16.6. The molecule has 0 saturated heterocycles. The molecule has 2 amide bonds. The maximum atomic E-state index is 15.2. The predicted octanol–water partition coefficient (Wildman–Crippen LogP) is 8.01. The summed E-state index contributed by atoms with van der Waals surface area (Å²) in [7, 11) is 0. The number of amides is 2. The quantitative estimate of drug-likeness (QED) is 0.0994. The first-order valence-electron chi connectivity index (χ1n) is 21.2. The van der Waals surface area contributed by atoms with E-state index in [4.69, 9.17) is 23.2 Å². The Kier molecular flexibility index (Phi) is 12.5. The number of hydrogen-bond donors (Lipinski definition) is 4. The summed E-state index contributed by atoms with van der Waals surface area (Å²) >= 11 is 12.2. The van der Waals surface area contributed by atoms with Gasteiger partial charge in [-0.1, -0.05) is 35.3 Å². The number of fused-ring (bicyclic) bond motifs is 2. The lowest BCUT2D eigenvalue weighted by Gasteiger charge is -2.32. The van der Waals surface area contributed by atoms with E-state index in [-0.39, 0.29) is 59.3 Å². The van der Waals surface area contributed by atoms with Crippen molar-refractivity contribution in [3.63, 3.8) is 0 Å². The standard InChI is InChI=1S/2C24H22ClFN4O2/c2*25-24-16(2-1-5-28-24)11-22(32)30-7-4-15-8-17(9-20(26)23(15)30)14-3-6-27-21(10-14)29-18-12-19(31)13-18/h2*1-3,5-6,8-10,18-19,31H,4,7,11-13H2,(H,27,29). The highest BCUT2D eigenvalue weighted by Gasteiger charge is 2.32. The van der Waals surface area contributed by atoms with Crippen molar-refractivity contribution in [2.45, 2.75) is 75.7 Å². The predicted molar refractivity (Wildman–Crippen MR) is 243 cm³/mol. The number of halogens is 4. The molecule has 6 aromatic rings. The summed E-state index contributed by atoms with van der Waals surface area (Å²) < 4.78 is 30.4. The molecule has 2 aromatic carbocycles. The van der Waals surface area contributed by atoms with Gasteiger partial charge in [-0.05, 0) is 144 Å². The van der Waals surface area contributed by atoms with E-state index in [9.17, 15) is 19.8 Å². The fourth-order valence-electron chi connectivity index (χ4n) is 8.64. The van der Waals surface area contributed by atoms with E-state index in [1.807, 2.05) is 36.4 Å². The molecular formula is C48H44Cl2F2N8O4. The van der Waals surface area contributed by atoms with Crippen LogP contribution < -0.4 is 20.4 Å². The maximum Gasteiger partial charge on any atom is 0.231 e. The van der Waals surface area contributed by atoms with Gasteiger partial charge in [0, 0.05) is 50.0 Å². The molecule has 2 fully saturated rings. The van der Waals surface area contributed by atoms with Crippen molar-refractivity contribution in [1.82, 2.24) is 19.9 Å². The Balaban J connectivity index is 0.000000162. The topological polar surface area (TPSA) is 157 Å². The van der Waals surface area contributed by atoms with E-state index in [1.54, 1.807) is 49.1 Å². The average molecular weight is 906 g/mol. The van der Waals surface area contributed by atoms with Crippen LogP contribution in [0.3, 0.4) is 0 Å². The molecule has 10 rings (SSSR count). The zero-order chi connectivity index (χ0) is 44.5. The third-order valence-corrected chi connectivity index (χ3v) is 12.8. The SMILES string of the molecule is O=C(Cc1cccnc1Cl)N1CCc2cc(-c3ccnc(NC4CC(O)C4)c3)cc(F)c21.O=C(Cc1cccnc1Cl)N1CCc2cc(-c3ccnc(NC4CC(O)C4)c3)cc(F)c21. The molecule has 0 bridgehead atoms. The van der Waals surface area contributed by atoms with Crippen LogP contribution in [0.2, 0.25) is 10.3 Å². The highest BCUT2D eigenvalue weighted by atomic mass is 35.5. The number of rotatable bonds is 10.